The molecule has 3 rings (SSSR count). The minimum absolute atomic E-state index is 0.173. The number of ether oxygens (including phenoxy) is 1. The van der Waals surface area contributed by atoms with Crippen LogP contribution in [0.2, 0.25) is 0 Å². The Morgan fingerprint density at radius 3 is 2.10 bits per heavy atom. The molecule has 0 saturated heterocycles. The van der Waals surface area contributed by atoms with Gasteiger partial charge in [-0.2, -0.15) is 0 Å². The van der Waals surface area contributed by atoms with Crippen molar-refractivity contribution in [1.29, 1.82) is 0 Å². The number of rotatable bonds is 9. The molecule has 30 heavy (non-hydrogen) atoms. The van der Waals surface area contributed by atoms with Crippen LogP contribution in [0.5, 0.6) is 11.5 Å². The third-order valence-electron chi connectivity index (χ3n) is 4.59. The lowest BCUT2D eigenvalue weighted by molar-refractivity contribution is -0.138. The summed E-state index contributed by atoms with van der Waals surface area (Å²) in [5.41, 5.74) is 7.92. The van der Waals surface area contributed by atoms with E-state index in [0.717, 1.165) is 22.6 Å². The zero-order valence-electron chi connectivity index (χ0n) is 16.5. The van der Waals surface area contributed by atoms with Gasteiger partial charge in [0, 0.05) is 12.1 Å². The van der Waals surface area contributed by atoms with E-state index in [1.165, 1.54) is 0 Å². The van der Waals surface area contributed by atoms with Crippen molar-refractivity contribution in [1.82, 2.24) is 5.32 Å². The molecule has 0 aliphatic heterocycles. The summed E-state index contributed by atoms with van der Waals surface area (Å²) in [7, 11) is 0. The molecule has 0 spiro atoms. The molecule has 6 heteroatoms. The van der Waals surface area contributed by atoms with Crippen LogP contribution in [0.15, 0.2) is 78.9 Å². The third kappa shape index (κ3) is 6.18. The Bertz CT molecular complexity index is 970. The fraction of sp³-hybridized carbons (Fsp3) is 0.167. The van der Waals surface area contributed by atoms with Gasteiger partial charge in [0.05, 0.1) is 0 Å². The first-order chi connectivity index (χ1) is 14.5. The van der Waals surface area contributed by atoms with Crippen LogP contribution < -0.4 is 15.8 Å². The summed E-state index contributed by atoms with van der Waals surface area (Å²) in [6.45, 7) is 0.503. The zero-order valence-corrected chi connectivity index (χ0v) is 16.5. The molecule has 1 atom stereocenters. The lowest BCUT2D eigenvalue weighted by atomic mass is 10.0. The molecule has 0 heterocycles. The number of para-hydroxylation sites is 1. The molecule has 154 valence electrons. The van der Waals surface area contributed by atoms with Crippen molar-refractivity contribution in [2.24, 2.45) is 5.73 Å². The number of amides is 1. The highest BCUT2D eigenvalue weighted by Gasteiger charge is 2.12. The lowest BCUT2D eigenvalue weighted by Crippen LogP contribution is -2.32. The smallest absolute Gasteiger partial charge is 0.320 e. The van der Waals surface area contributed by atoms with E-state index in [1.54, 1.807) is 24.3 Å². The molecule has 0 aliphatic carbocycles. The minimum atomic E-state index is -1.04. The third-order valence-corrected chi connectivity index (χ3v) is 4.59. The number of aliphatic carboxylic acids is 1. The van der Waals surface area contributed by atoms with Gasteiger partial charge in [-0.3, -0.25) is 9.59 Å². The van der Waals surface area contributed by atoms with E-state index in [9.17, 15) is 9.59 Å². The highest BCUT2D eigenvalue weighted by Crippen LogP contribution is 2.21. The SMILES string of the molecule is NC(Cc1ccc(C(=O)NCCc2ccc(Oc3ccccc3)cc2)cc1)C(=O)O. The van der Waals surface area contributed by atoms with E-state index < -0.39 is 12.0 Å². The maximum atomic E-state index is 12.3. The molecular formula is C24H24N2O4. The Morgan fingerprint density at radius 2 is 1.47 bits per heavy atom. The van der Waals surface area contributed by atoms with Crippen molar-refractivity contribution in [2.75, 3.05) is 6.54 Å². The minimum Gasteiger partial charge on any atom is -0.480 e. The van der Waals surface area contributed by atoms with Gasteiger partial charge in [-0.25, -0.2) is 0 Å². The number of benzene rings is 3. The molecule has 3 aromatic carbocycles. The summed E-state index contributed by atoms with van der Waals surface area (Å²) in [6, 6.07) is 23.2. The first-order valence-electron chi connectivity index (χ1n) is 9.68. The molecule has 0 aliphatic rings. The molecule has 4 N–H and O–H groups in total. The van der Waals surface area contributed by atoms with Crippen molar-refractivity contribution >= 4 is 11.9 Å². The summed E-state index contributed by atoms with van der Waals surface area (Å²) in [5, 5.41) is 11.8. The summed E-state index contributed by atoms with van der Waals surface area (Å²) in [4.78, 5) is 23.1. The van der Waals surface area contributed by atoms with Gasteiger partial charge < -0.3 is 20.9 Å². The second-order valence-electron chi connectivity index (χ2n) is 6.91. The van der Waals surface area contributed by atoms with Gasteiger partial charge in [0.1, 0.15) is 17.5 Å². The van der Waals surface area contributed by atoms with Gasteiger partial charge in [0.15, 0.2) is 0 Å². The first-order valence-corrected chi connectivity index (χ1v) is 9.68. The van der Waals surface area contributed by atoms with Gasteiger partial charge in [-0.1, -0.05) is 42.5 Å². The molecule has 1 amide bonds. The second-order valence-corrected chi connectivity index (χ2v) is 6.91. The van der Waals surface area contributed by atoms with Crippen molar-refractivity contribution in [3.63, 3.8) is 0 Å². The number of carboxylic acids is 1. The molecule has 6 nitrogen and oxygen atoms in total. The summed E-state index contributed by atoms with van der Waals surface area (Å²) in [6.07, 6.45) is 0.921. The standard InChI is InChI=1S/C24H24N2O4/c25-22(24(28)29)16-18-6-10-19(11-7-18)23(27)26-15-14-17-8-12-21(13-9-17)30-20-4-2-1-3-5-20/h1-13,22H,14-16,25H2,(H,26,27)(H,28,29). The molecule has 1 unspecified atom stereocenters. The fourth-order valence-electron chi connectivity index (χ4n) is 2.90. The average molecular weight is 404 g/mol. The van der Waals surface area contributed by atoms with Crippen LogP contribution in [0.4, 0.5) is 0 Å². The molecule has 3 aromatic rings. The monoisotopic (exact) mass is 404 g/mol. The first kappa shape index (κ1) is 21.1. The molecular weight excluding hydrogens is 380 g/mol. The topological polar surface area (TPSA) is 102 Å². The van der Waals surface area contributed by atoms with E-state index in [-0.39, 0.29) is 12.3 Å². The van der Waals surface area contributed by atoms with Crippen LogP contribution in [0, 0.1) is 0 Å². The summed E-state index contributed by atoms with van der Waals surface area (Å²) < 4.78 is 5.77. The van der Waals surface area contributed by atoms with E-state index in [0.29, 0.717) is 18.5 Å². The second kappa shape index (κ2) is 10.2. The number of carbonyl (C=O) groups is 2. The van der Waals surface area contributed by atoms with Crippen molar-refractivity contribution < 1.29 is 19.4 Å². The number of carboxylic acid groups (broad SMARTS) is 1. The van der Waals surface area contributed by atoms with Crippen LogP contribution in [-0.4, -0.2) is 29.6 Å². The van der Waals surface area contributed by atoms with Gasteiger partial charge >= 0.3 is 5.97 Å². The average Bonchev–Trinajstić information content (AvgIpc) is 2.76. The van der Waals surface area contributed by atoms with Crippen LogP contribution >= 0.6 is 0 Å². The van der Waals surface area contributed by atoms with E-state index in [2.05, 4.69) is 5.32 Å². The molecule has 0 radical (unpaired) electrons. The lowest BCUT2D eigenvalue weighted by Gasteiger charge is -2.09. The zero-order chi connectivity index (χ0) is 21.3. The fourth-order valence-corrected chi connectivity index (χ4v) is 2.90. The number of hydrogen-bond donors (Lipinski definition) is 3. The number of nitrogens with one attached hydrogen (secondary N) is 1. The predicted octanol–water partition coefficient (Wildman–Crippen LogP) is 3.41. The number of nitrogens with two attached hydrogens (primary N) is 1. The van der Waals surface area contributed by atoms with Crippen molar-refractivity contribution in [2.45, 2.75) is 18.9 Å². The highest BCUT2D eigenvalue weighted by molar-refractivity contribution is 5.94. The highest BCUT2D eigenvalue weighted by atomic mass is 16.5. The summed E-state index contributed by atoms with van der Waals surface area (Å²) in [5.74, 6) is 0.328. The normalized spacial score (nSPS) is 11.5. The van der Waals surface area contributed by atoms with Crippen LogP contribution in [0.3, 0.4) is 0 Å². The van der Waals surface area contributed by atoms with E-state index in [1.807, 2.05) is 54.6 Å². The van der Waals surface area contributed by atoms with Crippen LogP contribution in [-0.2, 0) is 17.6 Å². The van der Waals surface area contributed by atoms with Crippen LogP contribution in [0.1, 0.15) is 21.5 Å². The molecule has 0 fully saturated rings. The number of carbonyl (C=O) groups excluding carboxylic acids is 1. The predicted molar refractivity (Wildman–Crippen MR) is 115 cm³/mol. The maximum absolute atomic E-state index is 12.3. The Labute approximate surface area is 175 Å². The summed E-state index contributed by atoms with van der Waals surface area (Å²) >= 11 is 0. The Kier molecular flexibility index (Phi) is 7.19. The molecule has 0 bridgehead atoms. The van der Waals surface area contributed by atoms with Crippen LogP contribution in [0.25, 0.3) is 0 Å². The van der Waals surface area contributed by atoms with Crippen molar-refractivity contribution in [3.05, 3.63) is 95.6 Å². The van der Waals surface area contributed by atoms with Crippen molar-refractivity contribution in [3.8, 4) is 11.5 Å². The number of hydrogen-bond acceptors (Lipinski definition) is 4. The van der Waals surface area contributed by atoms with Gasteiger partial charge in [-0.15, -0.1) is 0 Å². The molecule has 0 aromatic heterocycles. The largest absolute Gasteiger partial charge is 0.480 e. The Hall–Kier alpha value is -3.64. The van der Waals surface area contributed by atoms with E-state index >= 15 is 0 Å². The quantitative estimate of drug-likeness (QED) is 0.507. The van der Waals surface area contributed by atoms with Gasteiger partial charge in [0.25, 0.3) is 5.91 Å². The Balaban J connectivity index is 1.45. The Morgan fingerprint density at radius 1 is 0.867 bits per heavy atom. The van der Waals surface area contributed by atoms with E-state index in [4.69, 9.17) is 15.6 Å². The van der Waals surface area contributed by atoms with Gasteiger partial charge in [-0.05, 0) is 60.4 Å². The molecule has 0 saturated carbocycles. The maximum Gasteiger partial charge on any atom is 0.320 e. The van der Waals surface area contributed by atoms with Gasteiger partial charge in [0.2, 0.25) is 0 Å².